The van der Waals surface area contributed by atoms with Gasteiger partial charge < -0.3 is 5.11 Å². The van der Waals surface area contributed by atoms with Crippen molar-refractivity contribution in [2.24, 2.45) is 11.8 Å². The minimum absolute atomic E-state index is 0.0146. The fraction of sp³-hybridized carbons (Fsp3) is 0.318. The number of rotatable bonds is 3. The number of ketones is 1. The van der Waals surface area contributed by atoms with Gasteiger partial charge in [-0.3, -0.25) is 4.79 Å². The van der Waals surface area contributed by atoms with Gasteiger partial charge in [-0.25, -0.2) is 8.78 Å². The van der Waals surface area contributed by atoms with Crippen molar-refractivity contribution in [1.82, 2.24) is 0 Å². The second-order valence-electron chi connectivity index (χ2n) is 7.28. The van der Waals surface area contributed by atoms with Crippen molar-refractivity contribution in [1.29, 1.82) is 0 Å². The van der Waals surface area contributed by atoms with Crippen LogP contribution in [0.5, 0.6) is 0 Å². The van der Waals surface area contributed by atoms with Crippen LogP contribution in [-0.2, 0) is 11.2 Å². The average molecular weight is 389 g/mol. The zero-order chi connectivity index (χ0) is 19.3. The van der Waals surface area contributed by atoms with E-state index in [1.54, 1.807) is 18.2 Å². The average Bonchev–Trinajstić information content (AvgIpc) is 3.12. The largest absolute Gasteiger partial charge is 0.511 e. The highest BCUT2D eigenvalue weighted by atomic mass is 35.5. The van der Waals surface area contributed by atoms with Crippen LogP contribution in [0.4, 0.5) is 8.78 Å². The summed E-state index contributed by atoms with van der Waals surface area (Å²) in [6.07, 6.45) is 2.96. The Morgan fingerprint density at radius 2 is 1.81 bits per heavy atom. The molecule has 0 aliphatic heterocycles. The van der Waals surface area contributed by atoms with Gasteiger partial charge in [0.25, 0.3) is 0 Å². The Labute approximate surface area is 161 Å². The molecule has 1 N–H and O–H groups in total. The summed E-state index contributed by atoms with van der Waals surface area (Å²) in [6.45, 7) is 1.96. The van der Waals surface area contributed by atoms with Gasteiger partial charge in [-0.1, -0.05) is 30.7 Å². The number of benzene rings is 2. The van der Waals surface area contributed by atoms with Crippen molar-refractivity contribution in [3.05, 3.63) is 63.9 Å². The maximum atomic E-state index is 14.4. The van der Waals surface area contributed by atoms with E-state index in [1.165, 1.54) is 12.1 Å². The van der Waals surface area contributed by atoms with E-state index < -0.39 is 11.6 Å². The normalized spacial score (nSPS) is 21.9. The monoisotopic (exact) mass is 388 g/mol. The van der Waals surface area contributed by atoms with E-state index in [2.05, 4.69) is 0 Å². The number of fused-ring (bicyclic) bond motifs is 2. The number of hydrogen-bond acceptors (Lipinski definition) is 2. The fourth-order valence-corrected chi connectivity index (χ4v) is 4.45. The summed E-state index contributed by atoms with van der Waals surface area (Å²) < 4.78 is 28.3. The molecule has 2 unspecified atom stereocenters. The number of aliphatic hydroxyl groups excluding tert-OH is 1. The van der Waals surface area contributed by atoms with Gasteiger partial charge in [0, 0.05) is 17.4 Å². The van der Waals surface area contributed by atoms with Gasteiger partial charge in [0.15, 0.2) is 17.4 Å². The minimum Gasteiger partial charge on any atom is -0.511 e. The van der Waals surface area contributed by atoms with E-state index in [1.807, 2.05) is 6.92 Å². The van der Waals surface area contributed by atoms with Gasteiger partial charge in [0.05, 0.1) is 10.6 Å². The van der Waals surface area contributed by atoms with Crippen LogP contribution < -0.4 is 0 Å². The third kappa shape index (κ3) is 2.87. The number of hydrogen-bond donors (Lipinski definition) is 1. The van der Waals surface area contributed by atoms with E-state index in [-0.39, 0.29) is 34.0 Å². The van der Waals surface area contributed by atoms with Crippen LogP contribution >= 0.6 is 11.6 Å². The van der Waals surface area contributed by atoms with Crippen LogP contribution in [0.15, 0.2) is 36.1 Å². The standard InChI is InChI=1S/C22H19ClF2O2/c1-2-11-3-4-12(15-7-8-17(23)20(25)19(15)24)10-16(11)18-21(26)13-5-6-14(9-13)22(18)27/h3-4,7-8,10,13-14,26H,2,5-6,9H2,1H3. The number of Topliss-reactive ketones (excluding diaryl/α,β-unsaturated/α-hetero) is 1. The van der Waals surface area contributed by atoms with E-state index in [9.17, 15) is 18.7 Å². The zero-order valence-electron chi connectivity index (χ0n) is 14.9. The number of aliphatic hydroxyl groups is 1. The van der Waals surface area contributed by atoms with E-state index in [0.29, 0.717) is 29.5 Å². The maximum absolute atomic E-state index is 14.4. The van der Waals surface area contributed by atoms with Gasteiger partial charge in [-0.2, -0.15) is 0 Å². The molecular weight excluding hydrogens is 370 g/mol. The zero-order valence-corrected chi connectivity index (χ0v) is 15.6. The van der Waals surface area contributed by atoms with Crippen LogP contribution in [0.2, 0.25) is 5.02 Å². The van der Waals surface area contributed by atoms with E-state index in [0.717, 1.165) is 18.4 Å². The number of halogens is 3. The van der Waals surface area contributed by atoms with Crippen LogP contribution in [0.1, 0.15) is 37.3 Å². The summed E-state index contributed by atoms with van der Waals surface area (Å²) in [5.74, 6) is -2.06. The number of carbonyl (C=O) groups excluding carboxylic acids is 1. The van der Waals surface area contributed by atoms with Gasteiger partial charge in [0.2, 0.25) is 0 Å². The summed E-state index contributed by atoms with van der Waals surface area (Å²) in [6, 6.07) is 7.92. The molecule has 0 heterocycles. The SMILES string of the molecule is CCc1ccc(-c2ccc(Cl)c(F)c2F)cc1C1=C(O)C2CCC(C2)C1=O. The highest BCUT2D eigenvalue weighted by molar-refractivity contribution is 6.30. The molecule has 0 spiro atoms. The molecule has 2 aromatic rings. The summed E-state index contributed by atoms with van der Waals surface area (Å²) >= 11 is 5.65. The number of carbonyl (C=O) groups is 1. The minimum atomic E-state index is -1.09. The highest BCUT2D eigenvalue weighted by Gasteiger charge is 2.41. The summed E-state index contributed by atoms with van der Waals surface area (Å²) in [7, 11) is 0. The Kier molecular flexibility index (Phi) is 4.55. The van der Waals surface area contributed by atoms with Crippen molar-refractivity contribution in [3.8, 4) is 11.1 Å². The Balaban J connectivity index is 1.90. The van der Waals surface area contributed by atoms with Gasteiger partial charge in [-0.05, 0) is 60.6 Å². The molecule has 0 aromatic heterocycles. The molecule has 4 rings (SSSR count). The Bertz CT molecular complexity index is 981. The van der Waals surface area contributed by atoms with Gasteiger partial charge >= 0.3 is 0 Å². The smallest absolute Gasteiger partial charge is 0.178 e. The molecule has 5 heteroatoms. The molecule has 27 heavy (non-hydrogen) atoms. The molecule has 2 aliphatic carbocycles. The fourth-order valence-electron chi connectivity index (χ4n) is 4.31. The molecular formula is C22H19ClF2O2. The lowest BCUT2D eigenvalue weighted by Crippen LogP contribution is -2.22. The first kappa shape index (κ1) is 18.2. The number of allylic oxidation sites excluding steroid dienone is 2. The molecule has 2 aromatic carbocycles. The summed E-state index contributed by atoms with van der Waals surface area (Å²) in [5, 5.41) is 10.4. The molecule has 0 amide bonds. The molecule has 2 nitrogen and oxygen atoms in total. The first-order chi connectivity index (χ1) is 12.9. The van der Waals surface area contributed by atoms with Crippen LogP contribution in [0.3, 0.4) is 0 Å². The predicted molar refractivity (Wildman–Crippen MR) is 102 cm³/mol. The van der Waals surface area contributed by atoms with Crippen LogP contribution in [-0.4, -0.2) is 10.9 Å². The predicted octanol–water partition coefficient (Wildman–Crippen LogP) is 6.12. The second-order valence-corrected chi connectivity index (χ2v) is 7.69. The lowest BCUT2D eigenvalue weighted by atomic mass is 9.81. The second kappa shape index (κ2) is 6.75. The number of aryl methyl sites for hydroxylation is 1. The quantitative estimate of drug-likeness (QED) is 0.643. The summed E-state index contributed by atoms with van der Waals surface area (Å²) in [5.41, 5.74) is 2.38. The highest BCUT2D eigenvalue weighted by Crippen LogP contribution is 2.46. The lowest BCUT2D eigenvalue weighted by molar-refractivity contribution is -0.117. The van der Waals surface area contributed by atoms with Crippen LogP contribution in [0, 0.1) is 23.5 Å². The molecule has 140 valence electrons. The van der Waals surface area contributed by atoms with Crippen LogP contribution in [0.25, 0.3) is 16.7 Å². The van der Waals surface area contributed by atoms with Crippen molar-refractivity contribution in [2.45, 2.75) is 32.6 Å². The molecule has 2 atom stereocenters. The van der Waals surface area contributed by atoms with Crippen molar-refractivity contribution in [2.75, 3.05) is 0 Å². The lowest BCUT2D eigenvalue weighted by Gasteiger charge is -2.23. The first-order valence-corrected chi connectivity index (χ1v) is 9.54. The van der Waals surface area contributed by atoms with Crippen molar-refractivity contribution < 1.29 is 18.7 Å². The molecule has 0 saturated heterocycles. The molecule has 0 radical (unpaired) electrons. The third-order valence-electron chi connectivity index (χ3n) is 5.80. The van der Waals surface area contributed by atoms with Gasteiger partial charge in [0.1, 0.15) is 5.76 Å². The topological polar surface area (TPSA) is 37.3 Å². The Hall–Kier alpha value is -2.20. The first-order valence-electron chi connectivity index (χ1n) is 9.16. The Morgan fingerprint density at radius 3 is 2.56 bits per heavy atom. The molecule has 2 aliphatic rings. The van der Waals surface area contributed by atoms with Gasteiger partial charge in [-0.15, -0.1) is 0 Å². The third-order valence-corrected chi connectivity index (χ3v) is 6.09. The molecule has 1 fully saturated rings. The van der Waals surface area contributed by atoms with Crippen molar-refractivity contribution >= 4 is 23.0 Å². The Morgan fingerprint density at radius 1 is 1.07 bits per heavy atom. The molecule has 1 saturated carbocycles. The summed E-state index contributed by atoms with van der Waals surface area (Å²) in [4.78, 5) is 12.9. The maximum Gasteiger partial charge on any atom is 0.178 e. The molecule has 2 bridgehead atoms. The van der Waals surface area contributed by atoms with E-state index in [4.69, 9.17) is 11.6 Å². The van der Waals surface area contributed by atoms with Crippen molar-refractivity contribution in [3.63, 3.8) is 0 Å². The van der Waals surface area contributed by atoms with E-state index >= 15 is 0 Å².